The Morgan fingerprint density at radius 3 is 3.00 bits per heavy atom. The lowest BCUT2D eigenvalue weighted by Gasteiger charge is -2.08. The monoisotopic (exact) mass is 245 g/mol. The Balaban J connectivity index is 1.93. The Hall–Kier alpha value is -2.14. The van der Waals surface area contributed by atoms with Crippen molar-refractivity contribution in [3.05, 3.63) is 36.5 Å². The number of primary amides is 1. The van der Waals surface area contributed by atoms with E-state index in [4.69, 9.17) is 10.5 Å². The van der Waals surface area contributed by atoms with Gasteiger partial charge in [0.05, 0.1) is 6.61 Å². The van der Waals surface area contributed by atoms with E-state index in [1.165, 1.54) is 0 Å². The zero-order valence-corrected chi connectivity index (χ0v) is 9.93. The first kappa shape index (κ1) is 12.3. The molecule has 0 saturated carbocycles. The third kappa shape index (κ3) is 3.18. The number of benzene rings is 1. The number of ether oxygens (including phenoxy) is 1. The lowest BCUT2D eigenvalue weighted by atomic mass is 10.1. The molecule has 1 heterocycles. The Morgan fingerprint density at radius 2 is 2.17 bits per heavy atom. The first-order valence-electron chi connectivity index (χ1n) is 5.71. The summed E-state index contributed by atoms with van der Waals surface area (Å²) in [5.41, 5.74) is 4.96. The van der Waals surface area contributed by atoms with Gasteiger partial charge in [0.1, 0.15) is 12.4 Å². The molecule has 0 aliphatic rings. The van der Waals surface area contributed by atoms with Crippen LogP contribution in [0.1, 0.15) is 0 Å². The number of aromatic nitrogens is 1. The molecule has 0 bridgehead atoms. The van der Waals surface area contributed by atoms with E-state index >= 15 is 0 Å². The number of fused-ring (bicyclic) bond motifs is 1. The van der Waals surface area contributed by atoms with Gasteiger partial charge in [-0.2, -0.15) is 0 Å². The van der Waals surface area contributed by atoms with Crippen molar-refractivity contribution in [3.8, 4) is 0 Å². The molecule has 0 saturated heterocycles. The summed E-state index contributed by atoms with van der Waals surface area (Å²) >= 11 is 0. The zero-order valence-electron chi connectivity index (χ0n) is 9.93. The molecule has 0 aliphatic carbocycles. The summed E-state index contributed by atoms with van der Waals surface area (Å²) in [6.07, 6.45) is 1.76. The molecule has 1 aromatic carbocycles. The van der Waals surface area contributed by atoms with Crippen LogP contribution in [0.3, 0.4) is 0 Å². The molecular weight excluding hydrogens is 230 g/mol. The number of nitrogens with two attached hydrogens (primary N) is 1. The van der Waals surface area contributed by atoms with Crippen LogP contribution >= 0.6 is 0 Å². The summed E-state index contributed by atoms with van der Waals surface area (Å²) in [7, 11) is 0. The Labute approximate surface area is 105 Å². The maximum atomic E-state index is 10.5. The summed E-state index contributed by atoms with van der Waals surface area (Å²) in [5.74, 6) is 0.356. The van der Waals surface area contributed by atoms with Gasteiger partial charge in [0.2, 0.25) is 5.91 Å². The van der Waals surface area contributed by atoms with Crippen molar-refractivity contribution in [3.63, 3.8) is 0 Å². The van der Waals surface area contributed by atoms with E-state index < -0.39 is 5.91 Å². The van der Waals surface area contributed by atoms with Gasteiger partial charge in [-0.1, -0.05) is 24.3 Å². The summed E-state index contributed by atoms with van der Waals surface area (Å²) in [5, 5.41) is 5.37. The number of hydrogen-bond donors (Lipinski definition) is 2. The molecule has 1 amide bonds. The number of carbonyl (C=O) groups is 1. The van der Waals surface area contributed by atoms with Crippen molar-refractivity contribution >= 4 is 22.5 Å². The average Bonchev–Trinajstić information content (AvgIpc) is 2.38. The predicted molar refractivity (Wildman–Crippen MR) is 70.2 cm³/mol. The molecular formula is C13H15N3O2. The molecule has 0 radical (unpaired) electrons. The number of amides is 1. The molecule has 0 unspecified atom stereocenters. The minimum atomic E-state index is -0.460. The summed E-state index contributed by atoms with van der Waals surface area (Å²) in [4.78, 5) is 14.8. The first-order chi connectivity index (χ1) is 8.77. The third-order valence-corrected chi connectivity index (χ3v) is 2.46. The average molecular weight is 245 g/mol. The SMILES string of the molecule is NC(=O)COCCNc1nccc2ccccc12. The van der Waals surface area contributed by atoms with E-state index in [-0.39, 0.29) is 6.61 Å². The second kappa shape index (κ2) is 5.97. The van der Waals surface area contributed by atoms with Crippen molar-refractivity contribution < 1.29 is 9.53 Å². The summed E-state index contributed by atoms with van der Waals surface area (Å²) in [6, 6.07) is 9.96. The molecule has 3 N–H and O–H groups in total. The van der Waals surface area contributed by atoms with Crippen molar-refractivity contribution in [1.82, 2.24) is 4.98 Å². The largest absolute Gasteiger partial charge is 0.370 e. The van der Waals surface area contributed by atoms with E-state index in [9.17, 15) is 4.79 Å². The number of hydrogen-bond acceptors (Lipinski definition) is 4. The molecule has 94 valence electrons. The van der Waals surface area contributed by atoms with Crippen molar-refractivity contribution in [2.24, 2.45) is 5.73 Å². The highest BCUT2D eigenvalue weighted by Gasteiger charge is 2.00. The zero-order chi connectivity index (χ0) is 12.8. The van der Waals surface area contributed by atoms with Gasteiger partial charge in [0.25, 0.3) is 0 Å². The molecule has 2 rings (SSSR count). The van der Waals surface area contributed by atoms with Gasteiger partial charge in [-0.3, -0.25) is 4.79 Å². The number of carbonyl (C=O) groups excluding carboxylic acids is 1. The van der Waals surface area contributed by atoms with Crippen LogP contribution in [0, 0.1) is 0 Å². The normalized spacial score (nSPS) is 10.4. The molecule has 0 atom stereocenters. The standard InChI is InChI=1S/C13H15N3O2/c14-12(17)9-18-8-7-16-13-11-4-2-1-3-10(11)5-6-15-13/h1-6H,7-9H2,(H2,14,17)(H,15,16). The van der Waals surface area contributed by atoms with Gasteiger partial charge in [-0.25, -0.2) is 4.98 Å². The molecule has 18 heavy (non-hydrogen) atoms. The van der Waals surface area contributed by atoms with Crippen molar-refractivity contribution in [2.75, 3.05) is 25.1 Å². The topological polar surface area (TPSA) is 77.2 Å². The highest BCUT2D eigenvalue weighted by Crippen LogP contribution is 2.19. The molecule has 5 heteroatoms. The van der Waals surface area contributed by atoms with E-state index in [2.05, 4.69) is 10.3 Å². The second-order valence-corrected chi connectivity index (χ2v) is 3.83. The van der Waals surface area contributed by atoms with Gasteiger partial charge in [-0.15, -0.1) is 0 Å². The number of nitrogens with one attached hydrogen (secondary N) is 1. The Bertz CT molecular complexity index is 537. The van der Waals surface area contributed by atoms with Crippen LogP contribution in [-0.2, 0) is 9.53 Å². The Kier molecular flexibility index (Phi) is 4.09. The number of rotatable bonds is 6. The summed E-state index contributed by atoms with van der Waals surface area (Å²) in [6.45, 7) is 0.937. The fourth-order valence-corrected chi connectivity index (χ4v) is 1.67. The van der Waals surface area contributed by atoms with E-state index in [1.807, 2.05) is 30.3 Å². The van der Waals surface area contributed by atoms with Crippen LogP contribution in [0.5, 0.6) is 0 Å². The lowest BCUT2D eigenvalue weighted by molar-refractivity contribution is -0.122. The van der Waals surface area contributed by atoms with Gasteiger partial charge in [0.15, 0.2) is 0 Å². The first-order valence-corrected chi connectivity index (χ1v) is 5.71. The van der Waals surface area contributed by atoms with Crippen LogP contribution in [0.4, 0.5) is 5.82 Å². The summed E-state index contributed by atoms with van der Waals surface area (Å²) < 4.78 is 5.06. The molecule has 0 spiro atoms. The maximum absolute atomic E-state index is 10.5. The van der Waals surface area contributed by atoms with Crippen LogP contribution in [-0.4, -0.2) is 30.6 Å². The molecule has 5 nitrogen and oxygen atoms in total. The van der Waals surface area contributed by atoms with Gasteiger partial charge in [0, 0.05) is 18.1 Å². The second-order valence-electron chi connectivity index (χ2n) is 3.83. The number of nitrogens with zero attached hydrogens (tertiary/aromatic N) is 1. The van der Waals surface area contributed by atoms with Crippen LogP contribution in [0.15, 0.2) is 36.5 Å². The van der Waals surface area contributed by atoms with Gasteiger partial charge in [-0.05, 0) is 11.5 Å². The third-order valence-electron chi connectivity index (χ3n) is 2.46. The minimum absolute atomic E-state index is 0.0509. The minimum Gasteiger partial charge on any atom is -0.370 e. The van der Waals surface area contributed by atoms with E-state index in [1.54, 1.807) is 6.20 Å². The highest BCUT2D eigenvalue weighted by atomic mass is 16.5. The van der Waals surface area contributed by atoms with Crippen LogP contribution in [0.25, 0.3) is 10.8 Å². The fourth-order valence-electron chi connectivity index (χ4n) is 1.67. The van der Waals surface area contributed by atoms with E-state index in [0.29, 0.717) is 13.2 Å². The molecule has 0 aliphatic heterocycles. The highest BCUT2D eigenvalue weighted by molar-refractivity contribution is 5.91. The molecule has 0 fully saturated rings. The van der Waals surface area contributed by atoms with Gasteiger partial charge >= 0.3 is 0 Å². The fraction of sp³-hybridized carbons (Fsp3) is 0.231. The van der Waals surface area contributed by atoms with Crippen molar-refractivity contribution in [2.45, 2.75) is 0 Å². The lowest BCUT2D eigenvalue weighted by Crippen LogP contribution is -2.20. The Morgan fingerprint density at radius 1 is 1.33 bits per heavy atom. The molecule has 2 aromatic rings. The van der Waals surface area contributed by atoms with Crippen LogP contribution < -0.4 is 11.1 Å². The molecule has 1 aromatic heterocycles. The number of anilines is 1. The predicted octanol–water partition coefficient (Wildman–Crippen LogP) is 1.15. The van der Waals surface area contributed by atoms with Crippen molar-refractivity contribution in [1.29, 1.82) is 0 Å². The number of pyridine rings is 1. The quantitative estimate of drug-likeness (QED) is 0.748. The maximum Gasteiger partial charge on any atom is 0.243 e. The van der Waals surface area contributed by atoms with Gasteiger partial charge < -0.3 is 15.8 Å². The smallest absolute Gasteiger partial charge is 0.243 e. The van der Waals surface area contributed by atoms with E-state index in [0.717, 1.165) is 16.6 Å². The van der Waals surface area contributed by atoms with Crippen LogP contribution in [0.2, 0.25) is 0 Å².